The number of thioether (sulfide) groups is 1. The zero-order valence-electron chi connectivity index (χ0n) is 12.5. The van der Waals surface area contributed by atoms with E-state index in [-0.39, 0.29) is 11.7 Å². The largest absolute Gasteiger partial charge is 0.481 e. The number of hydrogen-bond acceptors (Lipinski definition) is 5. The van der Waals surface area contributed by atoms with E-state index in [1.807, 2.05) is 44.4 Å². The summed E-state index contributed by atoms with van der Waals surface area (Å²) in [6, 6.07) is 3.90. The molecule has 0 atom stereocenters. The number of carboxylic acids is 1. The van der Waals surface area contributed by atoms with Crippen molar-refractivity contribution in [3.05, 3.63) is 29.3 Å². The molecule has 112 valence electrons. The third kappa shape index (κ3) is 3.41. The molecule has 0 amide bonds. The maximum absolute atomic E-state index is 10.8. The molecule has 0 aliphatic heterocycles. The number of carbonyl (C=O) groups is 1. The van der Waals surface area contributed by atoms with Crippen molar-refractivity contribution in [1.82, 2.24) is 19.7 Å². The van der Waals surface area contributed by atoms with E-state index in [4.69, 9.17) is 5.11 Å². The van der Waals surface area contributed by atoms with Crippen LogP contribution in [0, 0.1) is 13.8 Å². The third-order valence-corrected chi connectivity index (χ3v) is 3.85. The zero-order valence-corrected chi connectivity index (χ0v) is 13.3. The van der Waals surface area contributed by atoms with Gasteiger partial charge >= 0.3 is 5.97 Å². The number of rotatable bonds is 5. The van der Waals surface area contributed by atoms with Gasteiger partial charge in [0.2, 0.25) is 0 Å². The maximum Gasteiger partial charge on any atom is 0.313 e. The minimum Gasteiger partial charge on any atom is -0.481 e. The predicted octanol–water partition coefficient (Wildman–Crippen LogP) is 2.58. The fraction of sp³-hybridized carbons (Fsp3) is 0.429. The molecule has 0 fully saturated rings. The smallest absolute Gasteiger partial charge is 0.313 e. The molecule has 2 rings (SSSR count). The SMILES string of the molecule is Cc1ccc(-n2c(SCC(=O)O)nnc2C(C)C)c(C)n1. The van der Waals surface area contributed by atoms with Crippen molar-refractivity contribution in [2.75, 3.05) is 5.75 Å². The lowest BCUT2D eigenvalue weighted by Gasteiger charge is -2.14. The number of carboxylic acid groups (broad SMARTS) is 1. The van der Waals surface area contributed by atoms with Crippen molar-refractivity contribution >= 4 is 17.7 Å². The van der Waals surface area contributed by atoms with Crippen molar-refractivity contribution in [1.29, 1.82) is 0 Å². The van der Waals surface area contributed by atoms with E-state index in [1.165, 1.54) is 0 Å². The summed E-state index contributed by atoms with van der Waals surface area (Å²) in [6.45, 7) is 7.93. The molecule has 0 aromatic carbocycles. The van der Waals surface area contributed by atoms with Crippen LogP contribution in [-0.2, 0) is 4.79 Å². The second-order valence-electron chi connectivity index (χ2n) is 5.07. The van der Waals surface area contributed by atoms with Crippen LogP contribution < -0.4 is 0 Å². The summed E-state index contributed by atoms with van der Waals surface area (Å²) in [5.74, 6) is 0.0580. The molecule has 0 unspecified atom stereocenters. The molecule has 2 heterocycles. The molecule has 1 N–H and O–H groups in total. The lowest BCUT2D eigenvalue weighted by Crippen LogP contribution is -2.08. The van der Waals surface area contributed by atoms with E-state index in [0.29, 0.717) is 5.16 Å². The summed E-state index contributed by atoms with van der Waals surface area (Å²) in [4.78, 5) is 15.2. The van der Waals surface area contributed by atoms with Crippen LogP contribution in [0.4, 0.5) is 0 Å². The normalized spacial score (nSPS) is 11.1. The van der Waals surface area contributed by atoms with E-state index >= 15 is 0 Å². The summed E-state index contributed by atoms with van der Waals surface area (Å²) < 4.78 is 1.90. The highest BCUT2D eigenvalue weighted by atomic mass is 32.2. The van der Waals surface area contributed by atoms with Crippen LogP contribution in [0.3, 0.4) is 0 Å². The number of pyridine rings is 1. The van der Waals surface area contributed by atoms with E-state index < -0.39 is 5.97 Å². The number of nitrogens with zero attached hydrogens (tertiary/aromatic N) is 4. The molecule has 6 nitrogen and oxygen atoms in total. The first-order chi connectivity index (χ1) is 9.90. The fourth-order valence-electron chi connectivity index (χ4n) is 2.02. The summed E-state index contributed by atoms with van der Waals surface area (Å²) in [7, 11) is 0. The van der Waals surface area contributed by atoms with Gasteiger partial charge in [0.05, 0.1) is 17.1 Å². The lowest BCUT2D eigenvalue weighted by molar-refractivity contribution is -0.133. The van der Waals surface area contributed by atoms with Crippen LogP contribution in [0.2, 0.25) is 0 Å². The molecule has 2 aromatic heterocycles. The third-order valence-electron chi connectivity index (χ3n) is 2.94. The Bertz CT molecular complexity index is 667. The van der Waals surface area contributed by atoms with Crippen LogP contribution in [0.1, 0.15) is 37.0 Å². The van der Waals surface area contributed by atoms with Gasteiger partial charge in [0.25, 0.3) is 0 Å². The summed E-state index contributed by atoms with van der Waals surface area (Å²) in [6.07, 6.45) is 0. The number of aromatic nitrogens is 4. The Morgan fingerprint density at radius 2 is 2.05 bits per heavy atom. The van der Waals surface area contributed by atoms with Gasteiger partial charge in [-0.3, -0.25) is 14.3 Å². The van der Waals surface area contributed by atoms with E-state index in [0.717, 1.165) is 34.7 Å². The van der Waals surface area contributed by atoms with Crippen molar-refractivity contribution < 1.29 is 9.90 Å². The minimum absolute atomic E-state index is 0.0471. The molecule has 0 aliphatic rings. The molecule has 0 bridgehead atoms. The second-order valence-corrected chi connectivity index (χ2v) is 6.01. The summed E-state index contributed by atoms with van der Waals surface area (Å²) in [5, 5.41) is 17.8. The summed E-state index contributed by atoms with van der Waals surface area (Å²) in [5.41, 5.74) is 2.70. The number of hydrogen-bond donors (Lipinski definition) is 1. The molecular formula is C14H18N4O2S. The van der Waals surface area contributed by atoms with Crippen LogP contribution >= 0.6 is 11.8 Å². The van der Waals surface area contributed by atoms with Crippen molar-refractivity contribution in [2.24, 2.45) is 0 Å². The van der Waals surface area contributed by atoms with E-state index in [1.54, 1.807) is 0 Å². The quantitative estimate of drug-likeness (QED) is 0.855. The van der Waals surface area contributed by atoms with Gasteiger partial charge in [-0.25, -0.2) is 0 Å². The molecule has 2 aromatic rings. The van der Waals surface area contributed by atoms with Crippen molar-refractivity contribution in [3.8, 4) is 5.69 Å². The molecule has 0 saturated heterocycles. The van der Waals surface area contributed by atoms with Gasteiger partial charge in [0, 0.05) is 11.6 Å². The fourth-order valence-corrected chi connectivity index (χ4v) is 2.69. The van der Waals surface area contributed by atoms with Crippen LogP contribution in [-0.4, -0.2) is 36.6 Å². The van der Waals surface area contributed by atoms with Gasteiger partial charge in [0.1, 0.15) is 5.82 Å². The molecule has 0 aliphatic carbocycles. The van der Waals surface area contributed by atoms with Gasteiger partial charge in [-0.2, -0.15) is 0 Å². The first-order valence-electron chi connectivity index (χ1n) is 6.64. The lowest BCUT2D eigenvalue weighted by atomic mass is 10.2. The van der Waals surface area contributed by atoms with Gasteiger partial charge in [-0.1, -0.05) is 25.6 Å². The Morgan fingerprint density at radius 1 is 1.33 bits per heavy atom. The first-order valence-corrected chi connectivity index (χ1v) is 7.63. The molecule has 7 heteroatoms. The van der Waals surface area contributed by atoms with Gasteiger partial charge in [-0.05, 0) is 26.0 Å². The average Bonchev–Trinajstić information content (AvgIpc) is 2.80. The van der Waals surface area contributed by atoms with Crippen LogP contribution in [0.25, 0.3) is 5.69 Å². The van der Waals surface area contributed by atoms with E-state index in [9.17, 15) is 4.79 Å². The highest BCUT2D eigenvalue weighted by Crippen LogP contribution is 2.26. The zero-order chi connectivity index (χ0) is 15.6. The number of aryl methyl sites for hydroxylation is 2. The van der Waals surface area contributed by atoms with Gasteiger partial charge in [0.15, 0.2) is 5.16 Å². The Kier molecular flexibility index (Phi) is 4.62. The van der Waals surface area contributed by atoms with E-state index in [2.05, 4.69) is 15.2 Å². The van der Waals surface area contributed by atoms with Crippen molar-refractivity contribution in [3.63, 3.8) is 0 Å². The van der Waals surface area contributed by atoms with Gasteiger partial charge < -0.3 is 5.11 Å². The second kappa shape index (κ2) is 6.26. The molecule has 21 heavy (non-hydrogen) atoms. The monoisotopic (exact) mass is 306 g/mol. The highest BCUT2D eigenvalue weighted by Gasteiger charge is 2.19. The Hall–Kier alpha value is -1.89. The molecular weight excluding hydrogens is 288 g/mol. The maximum atomic E-state index is 10.8. The Balaban J connectivity index is 2.52. The summed E-state index contributed by atoms with van der Waals surface area (Å²) >= 11 is 1.16. The van der Waals surface area contributed by atoms with Crippen LogP contribution in [0.15, 0.2) is 17.3 Å². The van der Waals surface area contributed by atoms with Crippen molar-refractivity contribution in [2.45, 2.75) is 38.8 Å². The highest BCUT2D eigenvalue weighted by molar-refractivity contribution is 7.99. The molecule has 0 spiro atoms. The topological polar surface area (TPSA) is 80.9 Å². The van der Waals surface area contributed by atoms with Crippen LogP contribution in [0.5, 0.6) is 0 Å². The Morgan fingerprint density at radius 3 is 2.62 bits per heavy atom. The van der Waals surface area contributed by atoms with Gasteiger partial charge in [-0.15, -0.1) is 10.2 Å². The predicted molar refractivity (Wildman–Crippen MR) is 81.1 cm³/mol. The minimum atomic E-state index is -0.876. The Labute approximate surface area is 127 Å². The number of aliphatic carboxylic acids is 1. The first kappa shape index (κ1) is 15.5. The molecule has 0 saturated carbocycles. The standard InChI is InChI=1S/C14H18N4O2S/c1-8(2)13-16-17-14(21-7-12(19)20)18(13)11-6-5-9(3)15-10(11)4/h5-6,8H,7H2,1-4H3,(H,19,20). The average molecular weight is 306 g/mol. The molecule has 0 radical (unpaired) electrons.